The quantitative estimate of drug-likeness (QED) is 0.407. The molecule has 0 saturated heterocycles. The number of carbonyl (C=O) groups is 1. The van der Waals surface area contributed by atoms with Crippen molar-refractivity contribution < 1.29 is 22.4 Å². The van der Waals surface area contributed by atoms with Gasteiger partial charge >= 0.3 is 18.0 Å². The van der Waals surface area contributed by atoms with Crippen LogP contribution in [0.5, 0.6) is 0 Å². The van der Waals surface area contributed by atoms with Crippen LogP contribution < -0.4 is 0 Å². The summed E-state index contributed by atoms with van der Waals surface area (Å²) in [6.07, 6.45) is -2.66. The molecule has 10 nitrogen and oxygen atoms in total. The Hall–Kier alpha value is -4.55. The van der Waals surface area contributed by atoms with Gasteiger partial charge < -0.3 is 14.3 Å². The van der Waals surface area contributed by atoms with Gasteiger partial charge in [-0.1, -0.05) is 12.1 Å². The Morgan fingerprint density at radius 1 is 1.17 bits per heavy atom. The van der Waals surface area contributed by atoms with Gasteiger partial charge in [0.2, 0.25) is 0 Å². The van der Waals surface area contributed by atoms with Crippen molar-refractivity contribution in [3.63, 3.8) is 0 Å². The maximum atomic E-state index is 13.6. The molecule has 0 radical (unpaired) electrons. The summed E-state index contributed by atoms with van der Waals surface area (Å²) in [6.45, 7) is 2.05. The lowest BCUT2D eigenvalue weighted by molar-refractivity contribution is -0.142. The third-order valence-corrected chi connectivity index (χ3v) is 5.98. The number of carbonyl (C=O) groups excluding carboxylic acids is 1. The zero-order valence-corrected chi connectivity index (χ0v) is 18.7. The number of pyridine rings is 2. The van der Waals surface area contributed by atoms with E-state index in [-0.39, 0.29) is 29.5 Å². The summed E-state index contributed by atoms with van der Waals surface area (Å²) in [7, 11) is 0. The molecule has 0 saturated carbocycles. The number of rotatable bonds is 3. The Bertz CT molecular complexity index is 1600. The summed E-state index contributed by atoms with van der Waals surface area (Å²) in [6, 6.07) is 9.71. The van der Waals surface area contributed by atoms with Crippen LogP contribution in [0.1, 0.15) is 45.2 Å². The highest BCUT2D eigenvalue weighted by atomic mass is 19.4. The third kappa shape index (κ3) is 3.59. The predicted octanol–water partition coefficient (Wildman–Crippen LogP) is 3.62. The van der Waals surface area contributed by atoms with Gasteiger partial charge in [0.25, 0.3) is 5.89 Å². The molecular weight excluding hydrogens is 477 g/mol. The van der Waals surface area contributed by atoms with Gasteiger partial charge in [0.15, 0.2) is 0 Å². The molecule has 13 heteroatoms. The van der Waals surface area contributed by atoms with Crippen LogP contribution in [0.25, 0.3) is 17.1 Å². The number of alkyl halides is 3. The lowest BCUT2D eigenvalue weighted by Gasteiger charge is -2.32. The molecule has 5 aromatic rings. The number of hydrogen-bond donors (Lipinski definition) is 1. The molecule has 0 spiro atoms. The molecule has 6 heterocycles. The number of aryl methyl sites for hydroxylation is 1. The molecule has 5 aromatic heterocycles. The van der Waals surface area contributed by atoms with Gasteiger partial charge in [-0.05, 0) is 37.3 Å². The topological polar surface area (TPSA) is 118 Å². The summed E-state index contributed by atoms with van der Waals surface area (Å²) in [5.74, 6) is -0.774. The molecule has 6 rings (SSSR count). The van der Waals surface area contributed by atoms with Crippen LogP contribution in [0.2, 0.25) is 0 Å². The van der Waals surface area contributed by atoms with Gasteiger partial charge in [-0.3, -0.25) is 4.79 Å². The predicted molar refractivity (Wildman–Crippen MR) is 118 cm³/mol. The fraction of sp³-hybridized carbons (Fsp3) is 0.217. The first-order valence-electron chi connectivity index (χ1n) is 11.0. The van der Waals surface area contributed by atoms with E-state index < -0.39 is 23.8 Å². The number of aromatic amines is 1. The molecule has 182 valence electrons. The van der Waals surface area contributed by atoms with Gasteiger partial charge in [0, 0.05) is 24.4 Å². The van der Waals surface area contributed by atoms with Crippen LogP contribution in [0, 0.1) is 6.92 Å². The molecule has 36 heavy (non-hydrogen) atoms. The van der Waals surface area contributed by atoms with E-state index >= 15 is 0 Å². The molecule has 0 unspecified atom stereocenters. The number of imidazole rings is 1. The molecule has 0 fully saturated rings. The average molecular weight is 494 g/mol. The average Bonchev–Trinajstić information content (AvgIpc) is 3.61. The van der Waals surface area contributed by atoms with Gasteiger partial charge in [-0.2, -0.15) is 18.3 Å². The van der Waals surface area contributed by atoms with Crippen LogP contribution in [0.4, 0.5) is 13.2 Å². The number of halogens is 3. The standard InChI is InChI=1S/C23H17F3N8O2/c1-12-4-2-6-15(29-12)20-30-31-21(36-20)22(35)33-9-8-14-18(28-11-27-14)19(33)16-10-13-5-3-7-17(23(24,25)26)34(13)32-16/h2-7,10-11,19H,8-9H2,1H3,(H,27,28)/t19-/m1/s1. The molecule has 0 aromatic carbocycles. The maximum absolute atomic E-state index is 13.6. The van der Waals surface area contributed by atoms with Crippen LogP contribution in [-0.4, -0.2) is 52.1 Å². The molecule has 1 aliphatic heterocycles. The van der Waals surface area contributed by atoms with Crippen molar-refractivity contribution in [2.45, 2.75) is 25.6 Å². The van der Waals surface area contributed by atoms with Gasteiger partial charge in [-0.25, -0.2) is 14.5 Å². The van der Waals surface area contributed by atoms with Crippen molar-refractivity contribution in [2.24, 2.45) is 0 Å². The number of hydrogen-bond acceptors (Lipinski definition) is 7. The van der Waals surface area contributed by atoms with E-state index in [1.54, 1.807) is 12.1 Å². The van der Waals surface area contributed by atoms with E-state index in [4.69, 9.17) is 4.42 Å². The van der Waals surface area contributed by atoms with Gasteiger partial charge in [0.1, 0.15) is 17.4 Å². The minimum Gasteiger partial charge on any atom is -0.411 e. The highest BCUT2D eigenvalue weighted by Crippen LogP contribution is 2.36. The maximum Gasteiger partial charge on any atom is 0.433 e. The lowest BCUT2D eigenvalue weighted by Crippen LogP contribution is -2.41. The first kappa shape index (κ1) is 21.9. The fourth-order valence-corrected chi connectivity index (χ4v) is 4.38. The Kier molecular flexibility index (Phi) is 4.88. The van der Waals surface area contributed by atoms with E-state index in [9.17, 15) is 18.0 Å². The largest absolute Gasteiger partial charge is 0.433 e. The second kappa shape index (κ2) is 8.00. The van der Waals surface area contributed by atoms with E-state index in [1.165, 1.54) is 29.4 Å². The first-order valence-corrected chi connectivity index (χ1v) is 11.0. The molecule has 1 atom stereocenters. The highest BCUT2D eigenvalue weighted by molar-refractivity contribution is 5.90. The van der Waals surface area contributed by atoms with E-state index in [1.807, 2.05) is 13.0 Å². The molecular formula is C23H17F3N8O2. The zero-order valence-electron chi connectivity index (χ0n) is 18.7. The second-order valence-corrected chi connectivity index (χ2v) is 8.31. The fourth-order valence-electron chi connectivity index (χ4n) is 4.38. The minimum absolute atomic E-state index is 0.0821. The van der Waals surface area contributed by atoms with Crippen LogP contribution in [-0.2, 0) is 12.6 Å². The monoisotopic (exact) mass is 494 g/mol. The van der Waals surface area contributed by atoms with Gasteiger partial charge in [0.05, 0.1) is 23.2 Å². The molecule has 1 N–H and O–H groups in total. The summed E-state index contributed by atoms with van der Waals surface area (Å²) in [5.41, 5.74) is 1.97. The van der Waals surface area contributed by atoms with E-state index in [0.717, 1.165) is 22.0 Å². The smallest absolute Gasteiger partial charge is 0.411 e. The van der Waals surface area contributed by atoms with E-state index in [0.29, 0.717) is 17.8 Å². The van der Waals surface area contributed by atoms with Crippen molar-refractivity contribution >= 4 is 11.4 Å². The summed E-state index contributed by atoms with van der Waals surface area (Å²) < 4.78 is 47.2. The van der Waals surface area contributed by atoms with Crippen LogP contribution in [0.3, 0.4) is 0 Å². The van der Waals surface area contributed by atoms with Gasteiger partial charge in [-0.15, -0.1) is 10.2 Å². The normalized spacial score (nSPS) is 15.9. The molecule has 0 aliphatic carbocycles. The first-order chi connectivity index (χ1) is 17.3. The molecule has 1 amide bonds. The highest BCUT2D eigenvalue weighted by Gasteiger charge is 2.39. The van der Waals surface area contributed by atoms with Crippen molar-refractivity contribution in [1.82, 2.24) is 39.7 Å². The second-order valence-electron chi connectivity index (χ2n) is 8.31. The Labute approximate surface area is 200 Å². The Morgan fingerprint density at radius 3 is 2.81 bits per heavy atom. The number of amides is 1. The third-order valence-electron chi connectivity index (χ3n) is 5.98. The number of H-pyrrole nitrogens is 1. The van der Waals surface area contributed by atoms with Crippen LogP contribution in [0.15, 0.2) is 53.2 Å². The SMILES string of the molecule is Cc1cccc(-c2nnc(C(=O)N3CCc4[nH]cnc4[C@H]3c3cc4cccc(C(F)(F)F)n4n3)o2)n1. The number of aromatic nitrogens is 7. The Balaban J connectivity index is 1.42. The summed E-state index contributed by atoms with van der Waals surface area (Å²) >= 11 is 0. The minimum atomic E-state index is -4.60. The molecule has 0 bridgehead atoms. The summed E-state index contributed by atoms with van der Waals surface area (Å²) in [4.78, 5) is 26.7. The van der Waals surface area contributed by atoms with Crippen molar-refractivity contribution in [1.29, 1.82) is 0 Å². The van der Waals surface area contributed by atoms with Crippen molar-refractivity contribution in [2.75, 3.05) is 6.54 Å². The number of fused-ring (bicyclic) bond motifs is 2. The van der Waals surface area contributed by atoms with Crippen molar-refractivity contribution in [3.8, 4) is 11.6 Å². The summed E-state index contributed by atoms with van der Waals surface area (Å²) in [5, 5.41) is 12.1. The van der Waals surface area contributed by atoms with E-state index in [2.05, 4.69) is 30.2 Å². The van der Waals surface area contributed by atoms with Crippen molar-refractivity contribution in [3.05, 3.63) is 83.2 Å². The number of nitrogens with zero attached hydrogens (tertiary/aromatic N) is 7. The lowest BCUT2D eigenvalue weighted by atomic mass is 9.99. The Morgan fingerprint density at radius 2 is 2.00 bits per heavy atom. The zero-order chi connectivity index (χ0) is 25.0. The number of nitrogens with one attached hydrogen (secondary N) is 1. The molecule has 1 aliphatic rings. The van der Waals surface area contributed by atoms with Crippen LogP contribution >= 0.6 is 0 Å².